The Labute approximate surface area is 107 Å². The van der Waals surface area contributed by atoms with Crippen molar-refractivity contribution in [3.05, 3.63) is 0 Å². The van der Waals surface area contributed by atoms with Crippen molar-refractivity contribution in [3.63, 3.8) is 0 Å². The van der Waals surface area contributed by atoms with Gasteiger partial charge in [0.25, 0.3) is 0 Å². The second kappa shape index (κ2) is 11.5. The van der Waals surface area contributed by atoms with Gasteiger partial charge in [0.1, 0.15) is 0 Å². The molecule has 0 N–H and O–H groups in total. The molecule has 16 heavy (non-hydrogen) atoms. The van der Waals surface area contributed by atoms with Gasteiger partial charge < -0.3 is 0 Å². The van der Waals surface area contributed by atoms with E-state index in [9.17, 15) is 4.79 Å². The summed E-state index contributed by atoms with van der Waals surface area (Å²) in [6, 6.07) is 0. The molecule has 0 heterocycles. The summed E-state index contributed by atoms with van der Waals surface area (Å²) in [5.41, 5.74) is 0. The molecular formula is C14H28OS. The van der Waals surface area contributed by atoms with Crippen LogP contribution in [0.5, 0.6) is 0 Å². The third kappa shape index (κ3) is 9.26. The molecular weight excluding hydrogens is 216 g/mol. The van der Waals surface area contributed by atoms with Crippen molar-refractivity contribution in [1.82, 2.24) is 0 Å². The van der Waals surface area contributed by atoms with E-state index in [1.807, 2.05) is 0 Å². The highest BCUT2D eigenvalue weighted by molar-refractivity contribution is 7.96. The molecule has 0 bridgehead atoms. The quantitative estimate of drug-likeness (QED) is 0.400. The minimum absolute atomic E-state index is 0.103. The lowest BCUT2D eigenvalue weighted by Crippen LogP contribution is -2.08. The van der Waals surface area contributed by atoms with Crippen molar-refractivity contribution >= 4 is 17.7 Å². The van der Waals surface area contributed by atoms with Gasteiger partial charge in [0.05, 0.1) is 0 Å². The van der Waals surface area contributed by atoms with Crippen molar-refractivity contribution in [2.24, 2.45) is 5.92 Å². The normalized spacial score (nSPS) is 12.7. The highest BCUT2D eigenvalue weighted by Crippen LogP contribution is 2.20. The fourth-order valence-corrected chi connectivity index (χ4v) is 2.28. The summed E-state index contributed by atoms with van der Waals surface area (Å²) >= 11 is 4.00. The molecule has 0 aromatic carbocycles. The van der Waals surface area contributed by atoms with Crippen LogP contribution < -0.4 is 0 Å². The second-order valence-corrected chi connectivity index (χ2v) is 5.17. The zero-order valence-corrected chi connectivity index (χ0v) is 11.9. The Morgan fingerprint density at radius 1 is 0.875 bits per heavy atom. The summed E-state index contributed by atoms with van der Waals surface area (Å²) in [7, 11) is 0. The van der Waals surface area contributed by atoms with Crippen molar-refractivity contribution < 1.29 is 4.79 Å². The summed E-state index contributed by atoms with van der Waals surface area (Å²) in [4.78, 5) is 11.3. The molecule has 0 rings (SSSR count). The van der Waals surface area contributed by atoms with Gasteiger partial charge in [-0.3, -0.25) is 4.79 Å². The van der Waals surface area contributed by atoms with Gasteiger partial charge in [0.15, 0.2) is 5.12 Å². The molecule has 0 aliphatic rings. The van der Waals surface area contributed by atoms with E-state index < -0.39 is 0 Å². The van der Waals surface area contributed by atoms with Gasteiger partial charge in [0.2, 0.25) is 0 Å². The Bertz CT molecular complexity index is 168. The number of carbonyl (C=O) groups is 1. The number of carbonyl (C=O) groups excluding carboxylic acids is 1. The van der Waals surface area contributed by atoms with E-state index in [2.05, 4.69) is 26.5 Å². The van der Waals surface area contributed by atoms with Gasteiger partial charge in [-0.2, -0.15) is 0 Å². The van der Waals surface area contributed by atoms with Crippen molar-refractivity contribution in [2.75, 3.05) is 0 Å². The number of hydrogen-bond donors (Lipinski definition) is 1. The predicted molar refractivity (Wildman–Crippen MR) is 75.0 cm³/mol. The Morgan fingerprint density at radius 2 is 1.31 bits per heavy atom. The van der Waals surface area contributed by atoms with Crippen LogP contribution in [0, 0.1) is 5.92 Å². The van der Waals surface area contributed by atoms with Gasteiger partial charge in [-0.25, -0.2) is 0 Å². The molecule has 1 unspecified atom stereocenters. The van der Waals surface area contributed by atoms with E-state index in [1.165, 1.54) is 51.4 Å². The van der Waals surface area contributed by atoms with E-state index in [0.29, 0.717) is 0 Å². The zero-order chi connectivity index (χ0) is 12.2. The molecule has 0 saturated heterocycles. The topological polar surface area (TPSA) is 17.1 Å². The molecule has 1 atom stereocenters. The maximum atomic E-state index is 11.3. The van der Waals surface area contributed by atoms with Crippen molar-refractivity contribution in [3.8, 4) is 0 Å². The summed E-state index contributed by atoms with van der Waals surface area (Å²) in [5, 5.41) is 0.103. The lowest BCUT2D eigenvalue weighted by Gasteiger charge is -2.12. The van der Waals surface area contributed by atoms with Crippen LogP contribution in [0.4, 0.5) is 0 Å². The largest absolute Gasteiger partial charge is 0.287 e. The standard InChI is InChI=1S/C14H28OS/c1-3-5-7-8-10-12-13(14(15)16)11-9-6-4-2/h13H,3-12H2,1-2H3,(H,15,16). The summed E-state index contributed by atoms with van der Waals surface area (Å²) < 4.78 is 0. The van der Waals surface area contributed by atoms with Gasteiger partial charge in [-0.05, 0) is 12.8 Å². The highest BCUT2D eigenvalue weighted by Gasteiger charge is 2.13. The molecule has 0 aliphatic carbocycles. The first-order valence-electron chi connectivity index (χ1n) is 6.95. The van der Waals surface area contributed by atoms with Crippen LogP contribution in [0.15, 0.2) is 0 Å². The van der Waals surface area contributed by atoms with Gasteiger partial charge in [-0.1, -0.05) is 65.2 Å². The number of hydrogen-bond acceptors (Lipinski definition) is 1. The molecule has 0 saturated carbocycles. The van der Waals surface area contributed by atoms with Crippen LogP contribution in [0.1, 0.15) is 78.1 Å². The molecule has 0 aromatic heterocycles. The van der Waals surface area contributed by atoms with Gasteiger partial charge in [0, 0.05) is 5.92 Å². The number of rotatable bonds is 11. The van der Waals surface area contributed by atoms with Crippen LogP contribution >= 0.6 is 12.6 Å². The minimum atomic E-state index is 0.103. The Hall–Kier alpha value is 0.0200. The monoisotopic (exact) mass is 244 g/mol. The lowest BCUT2D eigenvalue weighted by atomic mass is 9.96. The van der Waals surface area contributed by atoms with Crippen LogP contribution in [0.25, 0.3) is 0 Å². The predicted octanol–water partition coefficient (Wildman–Crippen LogP) is 5.00. The average Bonchev–Trinajstić information content (AvgIpc) is 2.26. The maximum Gasteiger partial charge on any atom is 0.188 e. The molecule has 0 fully saturated rings. The molecule has 0 aliphatic heterocycles. The summed E-state index contributed by atoms with van der Waals surface area (Å²) in [6.45, 7) is 4.42. The third-order valence-electron chi connectivity index (χ3n) is 3.16. The first kappa shape index (κ1) is 16.0. The number of unbranched alkanes of at least 4 members (excludes halogenated alkanes) is 6. The first-order chi connectivity index (χ1) is 7.72. The van der Waals surface area contributed by atoms with Crippen molar-refractivity contribution in [2.45, 2.75) is 78.1 Å². The fraction of sp³-hybridized carbons (Fsp3) is 0.929. The Morgan fingerprint density at radius 3 is 1.81 bits per heavy atom. The maximum absolute atomic E-state index is 11.3. The van der Waals surface area contributed by atoms with Crippen LogP contribution in [-0.2, 0) is 4.79 Å². The van der Waals surface area contributed by atoms with Crippen molar-refractivity contribution in [1.29, 1.82) is 0 Å². The van der Waals surface area contributed by atoms with E-state index in [-0.39, 0.29) is 11.0 Å². The molecule has 0 radical (unpaired) electrons. The third-order valence-corrected chi connectivity index (χ3v) is 3.53. The first-order valence-corrected chi connectivity index (χ1v) is 7.39. The zero-order valence-electron chi connectivity index (χ0n) is 11.0. The summed E-state index contributed by atoms with van der Waals surface area (Å²) in [6.07, 6.45) is 12.2. The molecule has 2 heteroatoms. The Kier molecular flexibility index (Phi) is 11.5. The second-order valence-electron chi connectivity index (χ2n) is 4.73. The smallest absolute Gasteiger partial charge is 0.188 e. The van der Waals surface area contributed by atoms with Crippen LogP contribution in [-0.4, -0.2) is 5.12 Å². The average molecular weight is 244 g/mol. The van der Waals surface area contributed by atoms with E-state index >= 15 is 0 Å². The van der Waals surface area contributed by atoms with E-state index in [1.54, 1.807) is 0 Å². The fourth-order valence-electron chi connectivity index (χ4n) is 2.03. The van der Waals surface area contributed by atoms with Crippen LogP contribution in [0.3, 0.4) is 0 Å². The lowest BCUT2D eigenvalue weighted by molar-refractivity contribution is -0.114. The summed E-state index contributed by atoms with van der Waals surface area (Å²) in [5.74, 6) is 0.219. The van der Waals surface area contributed by atoms with Gasteiger partial charge in [-0.15, -0.1) is 12.6 Å². The molecule has 0 aromatic rings. The SMILES string of the molecule is CCCCCCCC(CCCCC)C(=O)S. The molecule has 1 nitrogen and oxygen atoms in total. The minimum Gasteiger partial charge on any atom is -0.287 e. The van der Waals surface area contributed by atoms with Crippen LogP contribution in [0.2, 0.25) is 0 Å². The van der Waals surface area contributed by atoms with E-state index in [0.717, 1.165) is 12.8 Å². The molecule has 0 spiro atoms. The van der Waals surface area contributed by atoms with Gasteiger partial charge >= 0.3 is 0 Å². The molecule has 96 valence electrons. The molecule has 0 amide bonds. The van der Waals surface area contributed by atoms with E-state index in [4.69, 9.17) is 0 Å². The Balaban J connectivity index is 3.56. The number of thiol groups is 1. The highest BCUT2D eigenvalue weighted by atomic mass is 32.1.